The molecule has 392 valence electrons. The molecule has 7 rings (SSSR count). The molecular weight excluding hydrogens is 1030 g/mol. The molecule has 2 aliphatic rings. The Labute approximate surface area is 439 Å². The van der Waals surface area contributed by atoms with Gasteiger partial charge in [-0.05, 0) is 129 Å². The fourth-order valence-corrected chi connectivity index (χ4v) is 9.27. The molecule has 0 bridgehead atoms. The van der Waals surface area contributed by atoms with Gasteiger partial charge >= 0.3 is 18.4 Å². The van der Waals surface area contributed by atoms with Crippen LogP contribution in [0.15, 0.2) is 113 Å². The molecule has 1 saturated heterocycles. The Hall–Kier alpha value is -6.43. The van der Waals surface area contributed by atoms with E-state index in [2.05, 4.69) is 4.99 Å². The van der Waals surface area contributed by atoms with Gasteiger partial charge < -0.3 is 29.1 Å². The van der Waals surface area contributed by atoms with Crippen LogP contribution in [-0.4, -0.2) is 103 Å². The summed E-state index contributed by atoms with van der Waals surface area (Å²) in [6, 6.07) is 23.6. The summed E-state index contributed by atoms with van der Waals surface area (Å²) in [4.78, 5) is 42.3. The van der Waals surface area contributed by atoms with Crippen molar-refractivity contribution in [3.8, 4) is 34.1 Å². The van der Waals surface area contributed by atoms with Crippen molar-refractivity contribution in [2.75, 3.05) is 46.9 Å². The number of halogens is 9. The zero-order chi connectivity index (χ0) is 53.6. The number of alkyl halides is 6. The summed E-state index contributed by atoms with van der Waals surface area (Å²) >= 11 is 18.6. The number of unbranched alkanes of at least 4 members (excludes halogenated alkanes) is 2. The lowest BCUT2D eigenvalue weighted by Crippen LogP contribution is -2.56. The van der Waals surface area contributed by atoms with Crippen LogP contribution in [0, 0.1) is 0 Å². The fraction of sp³-hybridized carbons (Fsp3) is 0.333. The van der Waals surface area contributed by atoms with Gasteiger partial charge in [0, 0.05) is 48.4 Å². The smallest absolute Gasteiger partial charge is 0.432 e. The van der Waals surface area contributed by atoms with Crippen molar-refractivity contribution in [3.63, 3.8) is 0 Å². The summed E-state index contributed by atoms with van der Waals surface area (Å²) in [5, 5.41) is 11.9. The molecule has 1 N–H and O–H groups in total. The number of aliphatic imine (C=N–C) groups is 2. The van der Waals surface area contributed by atoms with Crippen LogP contribution in [0.3, 0.4) is 0 Å². The average Bonchev–Trinajstić information content (AvgIpc) is 3.74. The maximum absolute atomic E-state index is 15.1. The van der Waals surface area contributed by atoms with Gasteiger partial charge in [0.05, 0.1) is 47.6 Å². The number of ether oxygens (including phenoxy) is 3. The van der Waals surface area contributed by atoms with Crippen LogP contribution in [0.4, 0.5) is 31.1 Å². The summed E-state index contributed by atoms with van der Waals surface area (Å²) in [5.41, 5.74) is -0.809. The maximum Gasteiger partial charge on any atom is 0.432 e. The number of methoxy groups -OCH3 is 1. The van der Waals surface area contributed by atoms with Crippen LogP contribution >= 0.6 is 34.8 Å². The molecule has 1 fully saturated rings. The van der Waals surface area contributed by atoms with Crippen LogP contribution in [0.1, 0.15) is 79.9 Å². The molecule has 5 aromatic carbocycles. The van der Waals surface area contributed by atoms with Gasteiger partial charge in [-0.3, -0.25) is 19.7 Å². The van der Waals surface area contributed by atoms with Crippen molar-refractivity contribution < 1.29 is 55.2 Å². The Morgan fingerprint density at radius 1 is 0.865 bits per heavy atom. The number of carbonyl (C=O) groups is 2. The molecule has 0 aliphatic carbocycles. The number of phenolic OH excluding ortho intramolecular Hbond substituents is 1. The molecule has 1 unspecified atom stereocenters. The fourth-order valence-electron chi connectivity index (χ4n) is 8.79. The van der Waals surface area contributed by atoms with E-state index in [0.29, 0.717) is 58.8 Å². The van der Waals surface area contributed by atoms with Gasteiger partial charge in [-0.25, -0.2) is 4.79 Å². The summed E-state index contributed by atoms with van der Waals surface area (Å²) < 4.78 is 100. The van der Waals surface area contributed by atoms with Crippen molar-refractivity contribution in [2.24, 2.45) is 9.98 Å². The van der Waals surface area contributed by atoms with Gasteiger partial charge in [0.1, 0.15) is 47.1 Å². The van der Waals surface area contributed by atoms with Crippen LogP contribution in [-0.2, 0) is 11.0 Å². The number of piperazine rings is 1. The van der Waals surface area contributed by atoms with E-state index in [1.54, 1.807) is 59.4 Å². The predicted octanol–water partition coefficient (Wildman–Crippen LogP) is 13.9. The second-order valence-electron chi connectivity index (χ2n) is 17.8. The zero-order valence-corrected chi connectivity index (χ0v) is 43.1. The number of carbonyl (C=O) groups excluding carboxylic acids is 2. The van der Waals surface area contributed by atoms with E-state index in [-0.39, 0.29) is 66.3 Å². The van der Waals surface area contributed by atoms with Crippen molar-refractivity contribution >= 4 is 63.9 Å². The summed E-state index contributed by atoms with van der Waals surface area (Å²) in [6.07, 6.45) is -7.71. The maximum atomic E-state index is 15.1. The van der Waals surface area contributed by atoms with E-state index in [4.69, 9.17) is 54.0 Å². The van der Waals surface area contributed by atoms with Crippen LogP contribution < -0.4 is 14.2 Å². The number of nitrogens with zero attached hydrogens (tertiary/aromatic N) is 5. The average molecular weight is 1090 g/mol. The topological polar surface area (TPSA) is 117 Å². The van der Waals surface area contributed by atoms with Crippen LogP contribution in [0.2, 0.25) is 15.1 Å². The lowest BCUT2D eigenvalue weighted by molar-refractivity contribution is -0.137. The standard InChI is InChI=1S/C54H52Cl3F6N5O6/c1-31(2)74-44-29-38(72-5)18-19-40(44)51-65-48(33-9-14-36(55)15-10-33)49(34-11-16-37(56)17-12-34)68(51)52(71)67-25-24-66(46(69)30-67)23-7-6-8-26-73-43-22-20-39(32(3)27-45(64-4)54(61,62)63)50(70)47(43)35-13-21-42(57)41(28-35)53(58,59)60/h9-22,27-29,31,48-49,70H,6-8,23-26,30H2,1-5H3/b32-27+,64-45?/t48?,49-/m1/s1. The zero-order valence-electron chi connectivity index (χ0n) is 40.8. The minimum absolute atomic E-state index is 0.0228. The lowest BCUT2D eigenvalue weighted by atomic mass is 9.93. The van der Waals surface area contributed by atoms with Crippen molar-refractivity contribution in [1.82, 2.24) is 14.7 Å². The summed E-state index contributed by atoms with van der Waals surface area (Å²) in [5.74, 6) is 0.403. The molecule has 0 spiro atoms. The molecular formula is C54H52Cl3F6N5O6. The SMILES string of the molecule is CN=C(/C=C(\C)c1ccc(OCCCCCN2CCN(C(=O)N3C(c4ccc(OC)cc4OC(C)C)=NC(c4ccc(Cl)cc4)[C@H]3c3ccc(Cl)cc3)CC2=O)c(-c2ccc(Cl)c(C(F)(F)F)c2)c1O)C(F)(F)F. The largest absolute Gasteiger partial charge is 0.507 e. The molecule has 0 radical (unpaired) electrons. The van der Waals surface area contributed by atoms with Gasteiger partial charge in [0.25, 0.3) is 0 Å². The molecule has 20 heteroatoms. The molecule has 2 aliphatic heterocycles. The monoisotopic (exact) mass is 1090 g/mol. The second-order valence-corrected chi connectivity index (χ2v) is 19.1. The van der Waals surface area contributed by atoms with Crippen molar-refractivity contribution in [3.05, 3.63) is 146 Å². The number of benzene rings is 5. The molecule has 2 heterocycles. The first-order valence-electron chi connectivity index (χ1n) is 23.5. The van der Waals surface area contributed by atoms with E-state index in [1.807, 2.05) is 38.1 Å². The number of amidine groups is 1. The van der Waals surface area contributed by atoms with Crippen molar-refractivity contribution in [1.29, 1.82) is 0 Å². The molecule has 0 saturated carbocycles. The number of aromatic hydroxyl groups is 1. The summed E-state index contributed by atoms with van der Waals surface area (Å²) in [7, 11) is 2.51. The number of phenols is 1. The van der Waals surface area contributed by atoms with Gasteiger partial charge in [0.15, 0.2) is 0 Å². The highest BCUT2D eigenvalue weighted by Gasteiger charge is 2.46. The first-order valence-corrected chi connectivity index (χ1v) is 24.6. The molecule has 74 heavy (non-hydrogen) atoms. The number of rotatable bonds is 16. The Morgan fingerprint density at radius 3 is 2.15 bits per heavy atom. The minimum Gasteiger partial charge on any atom is -0.507 e. The normalized spacial score (nSPS) is 16.8. The number of allylic oxidation sites excluding steroid dienone is 2. The molecule has 0 aromatic heterocycles. The molecule has 3 amide bonds. The Balaban J connectivity index is 1.06. The molecule has 11 nitrogen and oxygen atoms in total. The highest BCUT2D eigenvalue weighted by molar-refractivity contribution is 6.31. The van der Waals surface area contributed by atoms with Crippen LogP contribution in [0.5, 0.6) is 23.0 Å². The van der Waals surface area contributed by atoms with Crippen LogP contribution in [0.25, 0.3) is 16.7 Å². The van der Waals surface area contributed by atoms with Gasteiger partial charge in [-0.2, -0.15) is 26.3 Å². The second kappa shape index (κ2) is 23.4. The first kappa shape index (κ1) is 55.3. The number of urea groups is 1. The highest BCUT2D eigenvalue weighted by atomic mass is 35.5. The van der Waals surface area contributed by atoms with E-state index >= 15 is 4.79 Å². The van der Waals surface area contributed by atoms with Gasteiger partial charge in [0.2, 0.25) is 5.91 Å². The van der Waals surface area contributed by atoms with E-state index in [0.717, 1.165) is 36.4 Å². The highest BCUT2D eigenvalue weighted by Crippen LogP contribution is 2.48. The Morgan fingerprint density at radius 2 is 1.54 bits per heavy atom. The van der Waals surface area contributed by atoms with Crippen molar-refractivity contribution in [2.45, 2.75) is 70.6 Å². The quantitative estimate of drug-likeness (QED) is 0.0598. The minimum atomic E-state index is -4.86. The van der Waals surface area contributed by atoms with E-state index in [9.17, 15) is 36.2 Å². The number of amides is 3. The third-order valence-electron chi connectivity index (χ3n) is 12.4. The summed E-state index contributed by atoms with van der Waals surface area (Å²) in [6.45, 7) is 5.67. The third kappa shape index (κ3) is 12.7. The molecule has 5 aromatic rings. The number of hydrogen-bond donors (Lipinski definition) is 1. The van der Waals surface area contributed by atoms with Gasteiger partial charge in [-0.1, -0.05) is 65.1 Å². The molecule has 2 atom stereocenters. The van der Waals surface area contributed by atoms with E-state index in [1.165, 1.54) is 30.0 Å². The Bertz CT molecular complexity index is 2950. The Kier molecular flexibility index (Phi) is 17.5. The lowest BCUT2D eigenvalue weighted by Gasteiger charge is -2.38. The van der Waals surface area contributed by atoms with E-state index < -0.39 is 52.5 Å². The van der Waals surface area contributed by atoms with Gasteiger partial charge in [-0.15, -0.1) is 0 Å². The number of hydrogen-bond acceptors (Lipinski definition) is 8. The third-order valence-corrected chi connectivity index (χ3v) is 13.3. The first-order chi connectivity index (χ1) is 35.1. The predicted molar refractivity (Wildman–Crippen MR) is 275 cm³/mol.